The highest BCUT2D eigenvalue weighted by atomic mass is 79.9. The second-order valence-electron chi connectivity index (χ2n) is 3.33. The zero-order valence-electron chi connectivity index (χ0n) is 7.67. The first-order valence-corrected chi connectivity index (χ1v) is 5.27. The van der Waals surface area contributed by atoms with Gasteiger partial charge in [-0.3, -0.25) is 0 Å². The van der Waals surface area contributed by atoms with Gasteiger partial charge in [-0.2, -0.15) is 0 Å². The molecule has 0 fully saturated rings. The van der Waals surface area contributed by atoms with Gasteiger partial charge < -0.3 is 4.42 Å². The molecule has 0 spiro atoms. The van der Waals surface area contributed by atoms with Crippen LogP contribution in [-0.4, -0.2) is 4.98 Å². The molecule has 68 valence electrons. The van der Waals surface area contributed by atoms with Gasteiger partial charge in [0.15, 0.2) is 6.39 Å². The van der Waals surface area contributed by atoms with Crippen molar-refractivity contribution in [3.05, 3.63) is 17.8 Å². The third-order valence-electron chi connectivity index (χ3n) is 2.21. The number of rotatable bonds is 3. The molecule has 1 rings (SSSR count). The minimum absolute atomic E-state index is 0.444. The van der Waals surface area contributed by atoms with Crippen LogP contribution in [0, 0.1) is 5.92 Å². The van der Waals surface area contributed by atoms with Gasteiger partial charge in [-0.05, 0) is 5.92 Å². The Morgan fingerprint density at radius 3 is 2.67 bits per heavy atom. The quantitative estimate of drug-likeness (QED) is 0.747. The van der Waals surface area contributed by atoms with Crippen LogP contribution in [0.2, 0.25) is 0 Å². The van der Waals surface area contributed by atoms with Crippen molar-refractivity contribution in [3.63, 3.8) is 0 Å². The lowest BCUT2D eigenvalue weighted by molar-refractivity contribution is 0.411. The maximum absolute atomic E-state index is 5.34. The molecule has 0 bridgehead atoms. The number of hydrogen-bond acceptors (Lipinski definition) is 2. The molecule has 1 atom stereocenters. The Kier molecular flexibility index (Phi) is 3.32. The van der Waals surface area contributed by atoms with Crippen LogP contribution in [0.25, 0.3) is 0 Å². The zero-order valence-corrected chi connectivity index (χ0v) is 9.26. The molecule has 0 saturated heterocycles. The molecule has 0 N–H and O–H groups in total. The minimum Gasteiger partial charge on any atom is -0.448 e. The van der Waals surface area contributed by atoms with Crippen molar-refractivity contribution in [3.8, 4) is 0 Å². The van der Waals surface area contributed by atoms with Crippen LogP contribution in [0.5, 0.6) is 0 Å². The lowest BCUT2D eigenvalue weighted by Crippen LogP contribution is -2.03. The topological polar surface area (TPSA) is 26.0 Å². The van der Waals surface area contributed by atoms with E-state index < -0.39 is 0 Å². The highest BCUT2D eigenvalue weighted by Gasteiger charge is 2.17. The second kappa shape index (κ2) is 4.08. The Morgan fingerprint density at radius 2 is 2.17 bits per heavy atom. The fourth-order valence-corrected chi connectivity index (χ4v) is 1.47. The monoisotopic (exact) mass is 231 g/mol. The van der Waals surface area contributed by atoms with Crippen molar-refractivity contribution in [1.82, 2.24) is 4.98 Å². The van der Waals surface area contributed by atoms with E-state index in [1.54, 1.807) is 0 Å². The van der Waals surface area contributed by atoms with Gasteiger partial charge in [-0.15, -0.1) is 0 Å². The average Bonchev–Trinajstić information content (AvgIpc) is 2.49. The van der Waals surface area contributed by atoms with Crippen LogP contribution in [0.1, 0.15) is 38.1 Å². The summed E-state index contributed by atoms with van der Waals surface area (Å²) in [6.07, 6.45) is 1.52. The molecule has 0 radical (unpaired) electrons. The maximum Gasteiger partial charge on any atom is 0.181 e. The van der Waals surface area contributed by atoms with Crippen LogP contribution in [0.3, 0.4) is 0 Å². The number of halogens is 1. The molecule has 1 aromatic heterocycles. The lowest BCUT2D eigenvalue weighted by atomic mass is 9.95. The molecule has 0 aliphatic carbocycles. The van der Waals surface area contributed by atoms with Gasteiger partial charge in [0.25, 0.3) is 0 Å². The Balaban J connectivity index is 2.86. The Labute approximate surface area is 81.5 Å². The lowest BCUT2D eigenvalue weighted by Gasteiger charge is -2.12. The average molecular weight is 232 g/mol. The predicted molar refractivity (Wildman–Crippen MR) is 52.4 cm³/mol. The van der Waals surface area contributed by atoms with Gasteiger partial charge in [0.1, 0.15) is 5.76 Å². The molecular formula is C9H14BrNO. The molecule has 1 heterocycles. The summed E-state index contributed by atoms with van der Waals surface area (Å²) in [6.45, 7) is 6.54. The van der Waals surface area contributed by atoms with Gasteiger partial charge >= 0.3 is 0 Å². The van der Waals surface area contributed by atoms with E-state index in [4.69, 9.17) is 4.42 Å². The van der Waals surface area contributed by atoms with Crippen molar-refractivity contribution in [2.75, 3.05) is 0 Å². The van der Waals surface area contributed by atoms with Gasteiger partial charge in [-0.25, -0.2) is 4.98 Å². The highest BCUT2D eigenvalue weighted by molar-refractivity contribution is 9.08. The maximum atomic E-state index is 5.34. The van der Waals surface area contributed by atoms with Crippen molar-refractivity contribution in [2.45, 2.75) is 32.0 Å². The van der Waals surface area contributed by atoms with E-state index in [1.165, 1.54) is 6.39 Å². The van der Waals surface area contributed by atoms with Crippen molar-refractivity contribution in [1.29, 1.82) is 0 Å². The van der Waals surface area contributed by atoms with E-state index in [9.17, 15) is 0 Å². The number of oxazole rings is 1. The molecule has 2 nitrogen and oxygen atoms in total. The van der Waals surface area contributed by atoms with Crippen molar-refractivity contribution in [2.24, 2.45) is 5.92 Å². The standard InChI is InChI=1S/C9H14BrNO/c1-6(2)7(3)9-8(4-10)11-5-12-9/h5-7H,4H2,1-3H3. The van der Waals surface area contributed by atoms with E-state index >= 15 is 0 Å². The van der Waals surface area contributed by atoms with E-state index in [-0.39, 0.29) is 0 Å². The Bertz CT molecular complexity index is 244. The Morgan fingerprint density at radius 1 is 1.50 bits per heavy atom. The van der Waals surface area contributed by atoms with E-state index in [0.717, 1.165) is 16.8 Å². The molecule has 0 amide bonds. The molecule has 1 aromatic rings. The molecule has 12 heavy (non-hydrogen) atoms. The fraction of sp³-hybridized carbons (Fsp3) is 0.667. The molecule has 1 unspecified atom stereocenters. The Hall–Kier alpha value is -0.310. The molecular weight excluding hydrogens is 218 g/mol. The van der Waals surface area contributed by atoms with Gasteiger partial charge in [0.2, 0.25) is 0 Å². The smallest absolute Gasteiger partial charge is 0.181 e. The summed E-state index contributed by atoms with van der Waals surface area (Å²) in [6, 6.07) is 0. The zero-order chi connectivity index (χ0) is 9.14. The van der Waals surface area contributed by atoms with Crippen LogP contribution >= 0.6 is 15.9 Å². The minimum atomic E-state index is 0.444. The molecule has 3 heteroatoms. The number of aromatic nitrogens is 1. The van der Waals surface area contributed by atoms with E-state index in [2.05, 4.69) is 41.7 Å². The number of hydrogen-bond donors (Lipinski definition) is 0. The summed E-state index contributed by atoms with van der Waals surface area (Å²) < 4.78 is 5.34. The summed E-state index contributed by atoms with van der Waals surface area (Å²) in [5.74, 6) is 2.05. The normalized spacial score (nSPS) is 13.8. The third kappa shape index (κ3) is 1.89. The first-order chi connectivity index (χ1) is 5.66. The van der Waals surface area contributed by atoms with E-state index in [0.29, 0.717) is 11.8 Å². The summed E-state index contributed by atoms with van der Waals surface area (Å²) in [5.41, 5.74) is 1.02. The second-order valence-corrected chi connectivity index (χ2v) is 3.89. The van der Waals surface area contributed by atoms with Gasteiger partial charge in [0, 0.05) is 11.2 Å². The first-order valence-electron chi connectivity index (χ1n) is 4.15. The molecule has 0 saturated carbocycles. The summed E-state index contributed by atoms with van der Waals surface area (Å²) in [5, 5.41) is 0.774. The summed E-state index contributed by atoms with van der Waals surface area (Å²) >= 11 is 3.38. The van der Waals surface area contributed by atoms with Gasteiger partial charge in [0.05, 0.1) is 5.69 Å². The SMILES string of the molecule is CC(C)C(C)c1ocnc1CBr. The van der Waals surface area contributed by atoms with Crippen LogP contribution in [0.15, 0.2) is 10.8 Å². The fourth-order valence-electron chi connectivity index (χ4n) is 1.05. The molecule has 0 aliphatic heterocycles. The van der Waals surface area contributed by atoms with Gasteiger partial charge in [-0.1, -0.05) is 36.7 Å². The predicted octanol–water partition coefficient (Wildman–Crippen LogP) is 3.33. The number of nitrogens with zero attached hydrogens (tertiary/aromatic N) is 1. The van der Waals surface area contributed by atoms with Crippen molar-refractivity contribution >= 4 is 15.9 Å². The van der Waals surface area contributed by atoms with Crippen LogP contribution in [0.4, 0.5) is 0 Å². The number of alkyl halides is 1. The summed E-state index contributed by atoms with van der Waals surface area (Å²) in [7, 11) is 0. The summed E-state index contributed by atoms with van der Waals surface area (Å²) in [4.78, 5) is 4.12. The third-order valence-corrected chi connectivity index (χ3v) is 2.74. The molecule has 0 aromatic carbocycles. The molecule has 0 aliphatic rings. The van der Waals surface area contributed by atoms with Crippen molar-refractivity contribution < 1.29 is 4.42 Å². The first kappa shape index (κ1) is 9.78. The van der Waals surface area contributed by atoms with Crippen LogP contribution in [-0.2, 0) is 5.33 Å². The van der Waals surface area contributed by atoms with Crippen LogP contribution < -0.4 is 0 Å². The van der Waals surface area contributed by atoms with E-state index in [1.807, 2.05) is 0 Å². The highest BCUT2D eigenvalue weighted by Crippen LogP contribution is 2.26. The largest absolute Gasteiger partial charge is 0.448 e.